The highest BCUT2D eigenvalue weighted by Gasteiger charge is 2.26. The number of hydrogen-bond acceptors (Lipinski definition) is 5. The maximum Gasteiger partial charge on any atom is 0.271 e. The fourth-order valence-electron chi connectivity index (χ4n) is 3.14. The molecule has 1 aliphatic heterocycles. The number of pyridine rings is 1. The molecule has 24 heavy (non-hydrogen) atoms. The highest BCUT2D eigenvalue weighted by atomic mass is 35.5. The molecular formula is C17H19ClN4O2. The van der Waals surface area contributed by atoms with Crippen molar-refractivity contribution in [1.29, 1.82) is 0 Å². The standard InChI is InChI=1S/C17H19ClN4O2/c1-12-8-14(22(23)24)9-15(18)17(12)21-7-5-13(11-21)10-20-16-4-2-3-6-19-16/h2-4,6,8-9,13H,5,7,10-11H2,1H3,(H,19,20). The topological polar surface area (TPSA) is 71.3 Å². The number of rotatable bonds is 5. The third kappa shape index (κ3) is 3.59. The van der Waals surface area contributed by atoms with Gasteiger partial charge in [-0.25, -0.2) is 4.98 Å². The van der Waals surface area contributed by atoms with E-state index in [1.807, 2.05) is 25.1 Å². The van der Waals surface area contributed by atoms with Crippen molar-refractivity contribution in [3.05, 3.63) is 57.2 Å². The van der Waals surface area contributed by atoms with Crippen molar-refractivity contribution in [1.82, 2.24) is 4.98 Å². The molecule has 1 atom stereocenters. The number of hydrogen-bond donors (Lipinski definition) is 1. The first-order valence-electron chi connectivity index (χ1n) is 7.89. The second-order valence-corrected chi connectivity index (χ2v) is 6.45. The Morgan fingerprint density at radius 2 is 2.29 bits per heavy atom. The molecule has 1 aromatic carbocycles. The van der Waals surface area contributed by atoms with E-state index in [9.17, 15) is 10.1 Å². The molecule has 0 spiro atoms. The monoisotopic (exact) mass is 346 g/mol. The van der Waals surface area contributed by atoms with Crippen molar-refractivity contribution in [2.75, 3.05) is 29.9 Å². The molecule has 6 nitrogen and oxygen atoms in total. The maximum absolute atomic E-state index is 10.9. The summed E-state index contributed by atoms with van der Waals surface area (Å²) in [7, 11) is 0. The van der Waals surface area contributed by atoms with E-state index < -0.39 is 4.92 Å². The Hall–Kier alpha value is -2.34. The predicted molar refractivity (Wildman–Crippen MR) is 95.9 cm³/mol. The number of nitro groups is 1. The minimum absolute atomic E-state index is 0.0359. The lowest BCUT2D eigenvalue weighted by atomic mass is 10.1. The van der Waals surface area contributed by atoms with Crippen LogP contribution in [-0.4, -0.2) is 29.5 Å². The van der Waals surface area contributed by atoms with Crippen LogP contribution >= 0.6 is 11.6 Å². The van der Waals surface area contributed by atoms with Crippen molar-refractivity contribution in [2.45, 2.75) is 13.3 Å². The van der Waals surface area contributed by atoms with Crippen LogP contribution in [0.25, 0.3) is 0 Å². The highest BCUT2D eigenvalue weighted by molar-refractivity contribution is 6.33. The van der Waals surface area contributed by atoms with E-state index in [0.29, 0.717) is 10.9 Å². The third-order valence-electron chi connectivity index (χ3n) is 4.29. The average Bonchev–Trinajstić information content (AvgIpc) is 3.01. The van der Waals surface area contributed by atoms with Gasteiger partial charge in [0.1, 0.15) is 5.82 Å². The Bertz CT molecular complexity index is 716. The summed E-state index contributed by atoms with van der Waals surface area (Å²) in [6.45, 7) is 4.48. The zero-order chi connectivity index (χ0) is 17.1. The fourth-order valence-corrected chi connectivity index (χ4v) is 3.52. The Labute approximate surface area is 145 Å². The average molecular weight is 347 g/mol. The molecule has 2 aromatic rings. The SMILES string of the molecule is Cc1cc([N+](=O)[O-])cc(Cl)c1N1CCC(CNc2ccccn2)C1. The molecule has 0 aliphatic carbocycles. The molecule has 126 valence electrons. The minimum Gasteiger partial charge on any atom is -0.370 e. The number of halogens is 1. The molecule has 3 rings (SSSR count). The number of nitrogens with zero attached hydrogens (tertiary/aromatic N) is 3. The third-order valence-corrected chi connectivity index (χ3v) is 4.58. The Morgan fingerprint density at radius 3 is 2.96 bits per heavy atom. The van der Waals surface area contributed by atoms with Gasteiger partial charge in [-0.05, 0) is 37.0 Å². The van der Waals surface area contributed by atoms with Crippen LogP contribution in [0.5, 0.6) is 0 Å². The van der Waals surface area contributed by atoms with Gasteiger partial charge in [-0.2, -0.15) is 0 Å². The molecule has 1 N–H and O–H groups in total. The number of non-ortho nitro benzene ring substituents is 1. The number of nitrogens with one attached hydrogen (secondary N) is 1. The van der Waals surface area contributed by atoms with Gasteiger partial charge in [0.2, 0.25) is 0 Å². The summed E-state index contributed by atoms with van der Waals surface area (Å²) >= 11 is 6.31. The van der Waals surface area contributed by atoms with Crippen molar-refractivity contribution in [2.24, 2.45) is 5.92 Å². The normalized spacial score (nSPS) is 17.1. The van der Waals surface area contributed by atoms with Crippen LogP contribution in [0.3, 0.4) is 0 Å². The summed E-state index contributed by atoms with van der Waals surface area (Å²) in [5.74, 6) is 1.36. The molecule has 2 heterocycles. The molecule has 1 aliphatic rings. The van der Waals surface area contributed by atoms with Gasteiger partial charge in [-0.3, -0.25) is 10.1 Å². The Balaban J connectivity index is 1.66. The van der Waals surface area contributed by atoms with E-state index in [1.54, 1.807) is 12.3 Å². The lowest BCUT2D eigenvalue weighted by Crippen LogP contribution is -2.23. The molecular weight excluding hydrogens is 328 g/mol. The summed E-state index contributed by atoms with van der Waals surface area (Å²) in [6, 6.07) is 8.81. The van der Waals surface area contributed by atoms with Crippen LogP contribution in [0, 0.1) is 23.0 Å². The molecule has 0 amide bonds. The number of nitro benzene ring substituents is 1. The largest absolute Gasteiger partial charge is 0.370 e. The van der Waals surface area contributed by atoms with Gasteiger partial charge >= 0.3 is 0 Å². The van der Waals surface area contributed by atoms with E-state index in [0.717, 1.165) is 43.1 Å². The summed E-state index contributed by atoms with van der Waals surface area (Å²) in [5.41, 5.74) is 1.78. The van der Waals surface area contributed by atoms with Crippen molar-refractivity contribution in [3.63, 3.8) is 0 Å². The lowest BCUT2D eigenvalue weighted by molar-refractivity contribution is -0.384. The first-order valence-corrected chi connectivity index (χ1v) is 8.27. The smallest absolute Gasteiger partial charge is 0.271 e. The number of aryl methyl sites for hydroxylation is 1. The number of anilines is 2. The van der Waals surface area contributed by atoms with Gasteiger partial charge in [0, 0.05) is 38.0 Å². The maximum atomic E-state index is 10.9. The number of aromatic nitrogens is 1. The molecule has 1 aromatic heterocycles. The van der Waals surface area contributed by atoms with Gasteiger partial charge in [0.15, 0.2) is 0 Å². The second-order valence-electron chi connectivity index (χ2n) is 6.05. The summed E-state index contributed by atoms with van der Waals surface area (Å²) in [5, 5.41) is 14.7. The highest BCUT2D eigenvalue weighted by Crippen LogP contribution is 2.36. The Morgan fingerprint density at radius 1 is 1.46 bits per heavy atom. The number of benzene rings is 1. The van der Waals surface area contributed by atoms with E-state index >= 15 is 0 Å². The quantitative estimate of drug-likeness (QED) is 0.657. The molecule has 0 bridgehead atoms. The Kier molecular flexibility index (Phi) is 4.85. The van der Waals surface area contributed by atoms with Crippen LogP contribution in [0.4, 0.5) is 17.2 Å². The second kappa shape index (κ2) is 7.05. The van der Waals surface area contributed by atoms with Crippen molar-refractivity contribution < 1.29 is 4.92 Å². The molecule has 7 heteroatoms. The molecule has 1 unspecified atom stereocenters. The molecule has 1 saturated heterocycles. The van der Waals surface area contributed by atoms with E-state index in [-0.39, 0.29) is 5.69 Å². The summed E-state index contributed by atoms with van der Waals surface area (Å²) < 4.78 is 0. The van der Waals surface area contributed by atoms with E-state index in [4.69, 9.17) is 11.6 Å². The van der Waals surface area contributed by atoms with Gasteiger partial charge in [0.25, 0.3) is 5.69 Å². The van der Waals surface area contributed by atoms with E-state index in [1.165, 1.54) is 6.07 Å². The van der Waals surface area contributed by atoms with Crippen LogP contribution < -0.4 is 10.2 Å². The lowest BCUT2D eigenvalue weighted by Gasteiger charge is -2.22. The molecule has 0 radical (unpaired) electrons. The predicted octanol–water partition coefficient (Wildman–Crippen LogP) is 3.89. The van der Waals surface area contributed by atoms with Crippen molar-refractivity contribution in [3.8, 4) is 0 Å². The van der Waals surface area contributed by atoms with Gasteiger partial charge < -0.3 is 10.2 Å². The molecule has 0 saturated carbocycles. The summed E-state index contributed by atoms with van der Waals surface area (Å²) in [4.78, 5) is 17.0. The minimum atomic E-state index is -0.410. The summed E-state index contributed by atoms with van der Waals surface area (Å²) in [6.07, 6.45) is 2.82. The van der Waals surface area contributed by atoms with Crippen molar-refractivity contribution >= 4 is 28.8 Å². The van der Waals surface area contributed by atoms with Crippen LogP contribution in [0.1, 0.15) is 12.0 Å². The van der Waals surface area contributed by atoms with Crippen LogP contribution in [-0.2, 0) is 0 Å². The van der Waals surface area contributed by atoms with Crippen LogP contribution in [0.15, 0.2) is 36.5 Å². The van der Waals surface area contributed by atoms with E-state index in [2.05, 4.69) is 15.2 Å². The van der Waals surface area contributed by atoms with Crippen LogP contribution in [0.2, 0.25) is 5.02 Å². The zero-order valence-electron chi connectivity index (χ0n) is 13.4. The zero-order valence-corrected chi connectivity index (χ0v) is 14.2. The first-order chi connectivity index (χ1) is 11.5. The van der Waals surface area contributed by atoms with Gasteiger partial charge in [-0.15, -0.1) is 0 Å². The first kappa shape index (κ1) is 16.5. The van der Waals surface area contributed by atoms with Gasteiger partial charge in [0.05, 0.1) is 15.6 Å². The molecule has 1 fully saturated rings. The van der Waals surface area contributed by atoms with Gasteiger partial charge in [-0.1, -0.05) is 17.7 Å². The fraction of sp³-hybridized carbons (Fsp3) is 0.353.